The van der Waals surface area contributed by atoms with Crippen molar-refractivity contribution in [3.63, 3.8) is 0 Å². The van der Waals surface area contributed by atoms with Gasteiger partial charge in [0.2, 0.25) is 11.7 Å². The highest BCUT2D eigenvalue weighted by Crippen LogP contribution is 2.22. The first kappa shape index (κ1) is 20.0. The number of hydrogen-bond donors (Lipinski definition) is 1. The van der Waals surface area contributed by atoms with Crippen molar-refractivity contribution in [3.05, 3.63) is 71.6 Å². The summed E-state index contributed by atoms with van der Waals surface area (Å²) in [5.74, 6) is -0.123. The molecule has 0 amide bonds. The molecule has 0 aliphatic heterocycles. The molecule has 0 bridgehead atoms. The second-order valence-electron chi connectivity index (χ2n) is 7.20. The van der Waals surface area contributed by atoms with E-state index in [1.807, 2.05) is 6.92 Å². The van der Waals surface area contributed by atoms with E-state index in [1.165, 1.54) is 27.6 Å². The molecule has 0 radical (unpaired) electrons. The van der Waals surface area contributed by atoms with E-state index >= 15 is 0 Å². The van der Waals surface area contributed by atoms with Crippen LogP contribution in [0.4, 0.5) is 0 Å². The topological polar surface area (TPSA) is 104 Å². The Hall–Kier alpha value is -3.33. The van der Waals surface area contributed by atoms with Crippen LogP contribution in [-0.4, -0.2) is 28.2 Å². The Labute approximate surface area is 175 Å². The molecule has 3 heterocycles. The minimum atomic E-state index is -0.621. The maximum absolute atomic E-state index is 13.2. The van der Waals surface area contributed by atoms with Gasteiger partial charge in [-0.05, 0) is 24.1 Å². The van der Waals surface area contributed by atoms with Crippen LogP contribution >= 0.6 is 11.6 Å². The molecule has 9 nitrogen and oxygen atoms in total. The lowest BCUT2D eigenvalue weighted by molar-refractivity contribution is 0.411. The highest BCUT2D eigenvalue weighted by molar-refractivity contribution is 6.30. The Morgan fingerprint density at radius 3 is 2.33 bits per heavy atom. The average Bonchev–Trinajstić information content (AvgIpc) is 3.13. The number of hydrogen-bond acceptors (Lipinski definition) is 5. The summed E-state index contributed by atoms with van der Waals surface area (Å²) in [5, 5.41) is 11.5. The summed E-state index contributed by atoms with van der Waals surface area (Å²) < 4.78 is 4.81. The molecule has 156 valence electrons. The van der Waals surface area contributed by atoms with E-state index in [0.717, 1.165) is 10.1 Å². The molecule has 0 spiro atoms. The van der Waals surface area contributed by atoms with Crippen molar-refractivity contribution in [2.75, 3.05) is 0 Å². The number of rotatable bonds is 4. The molecule has 0 fully saturated rings. The van der Waals surface area contributed by atoms with Gasteiger partial charge in [0, 0.05) is 19.1 Å². The van der Waals surface area contributed by atoms with Gasteiger partial charge in [0.15, 0.2) is 11.2 Å². The summed E-state index contributed by atoms with van der Waals surface area (Å²) in [6, 6.07) is 7.05. The lowest BCUT2D eigenvalue weighted by atomic mass is 10.1. The molecule has 1 N–H and O–H groups in total. The molecular weight excluding hydrogens is 410 g/mol. The first-order valence-electron chi connectivity index (χ1n) is 9.43. The van der Waals surface area contributed by atoms with Crippen LogP contribution < -0.4 is 16.8 Å². The summed E-state index contributed by atoms with van der Waals surface area (Å²) >= 11 is 5.96. The maximum atomic E-state index is 13.2. The minimum absolute atomic E-state index is 0.00168. The molecule has 0 aliphatic rings. The smallest absolute Gasteiger partial charge is 0.332 e. The van der Waals surface area contributed by atoms with Crippen molar-refractivity contribution < 1.29 is 5.11 Å². The zero-order chi connectivity index (χ0) is 21.7. The van der Waals surface area contributed by atoms with E-state index in [0.29, 0.717) is 17.9 Å². The third kappa shape index (κ3) is 2.85. The van der Waals surface area contributed by atoms with Gasteiger partial charge >= 0.3 is 5.69 Å². The van der Waals surface area contributed by atoms with Gasteiger partial charge in [-0.15, -0.1) is 0 Å². The highest BCUT2D eigenvalue weighted by atomic mass is 35.5. The van der Waals surface area contributed by atoms with E-state index in [1.54, 1.807) is 24.3 Å². The highest BCUT2D eigenvalue weighted by Gasteiger charge is 2.23. The lowest BCUT2D eigenvalue weighted by Crippen LogP contribution is -2.38. The second kappa shape index (κ2) is 7.17. The number of aromatic nitrogens is 5. The number of nitrogens with zero attached hydrogens (tertiary/aromatic N) is 5. The van der Waals surface area contributed by atoms with Crippen LogP contribution in [0.2, 0.25) is 5.02 Å². The molecule has 0 atom stereocenters. The first-order chi connectivity index (χ1) is 14.3. The van der Waals surface area contributed by atoms with Crippen LogP contribution in [0.1, 0.15) is 24.5 Å². The van der Waals surface area contributed by atoms with Crippen molar-refractivity contribution in [3.8, 4) is 5.88 Å². The number of imidazole rings is 1. The van der Waals surface area contributed by atoms with Gasteiger partial charge in [-0.2, -0.15) is 4.98 Å². The molecule has 1 aromatic carbocycles. The normalized spacial score (nSPS) is 11.6. The third-order valence-corrected chi connectivity index (χ3v) is 5.47. The standard InChI is InChI=1S/C20H20ClN5O4/c1-4-5-13-16(27)25(10-11-6-8-12(21)9-7-11)19-22-15-14(26(19)17(13)28)18(29)24(3)20(30)23(15)2/h6-9,27H,4-5,10H2,1-3H3. The SMILES string of the molecule is CCCc1c(O)n(Cc2ccc(Cl)cc2)c2nc3c(c(=O)n(C)c(=O)n3C)n2c1=O. The van der Waals surface area contributed by atoms with E-state index in [2.05, 4.69) is 4.98 Å². The zero-order valence-corrected chi connectivity index (χ0v) is 17.5. The molecule has 3 aromatic heterocycles. The fourth-order valence-corrected chi connectivity index (χ4v) is 3.76. The Kier molecular flexibility index (Phi) is 4.77. The quantitative estimate of drug-likeness (QED) is 0.528. The van der Waals surface area contributed by atoms with Crippen molar-refractivity contribution in [1.82, 2.24) is 23.1 Å². The van der Waals surface area contributed by atoms with Crippen LogP contribution in [0.15, 0.2) is 38.6 Å². The zero-order valence-electron chi connectivity index (χ0n) is 16.7. The maximum Gasteiger partial charge on any atom is 0.332 e. The minimum Gasteiger partial charge on any atom is -0.494 e. The van der Waals surface area contributed by atoms with Crippen molar-refractivity contribution in [1.29, 1.82) is 0 Å². The molecule has 0 saturated heterocycles. The Morgan fingerprint density at radius 1 is 1.03 bits per heavy atom. The number of halogens is 1. The van der Waals surface area contributed by atoms with Crippen LogP contribution in [0.3, 0.4) is 0 Å². The molecule has 0 aliphatic carbocycles. The van der Waals surface area contributed by atoms with Gasteiger partial charge in [0.05, 0.1) is 12.1 Å². The number of aryl methyl sites for hydroxylation is 1. The fourth-order valence-electron chi connectivity index (χ4n) is 3.63. The van der Waals surface area contributed by atoms with Gasteiger partial charge in [-0.1, -0.05) is 37.1 Å². The molecule has 0 unspecified atom stereocenters. The largest absolute Gasteiger partial charge is 0.494 e. The fraction of sp³-hybridized carbons (Fsp3) is 0.300. The van der Waals surface area contributed by atoms with Crippen molar-refractivity contribution in [2.24, 2.45) is 14.1 Å². The Bertz CT molecular complexity index is 1470. The van der Waals surface area contributed by atoms with E-state index in [9.17, 15) is 19.5 Å². The summed E-state index contributed by atoms with van der Waals surface area (Å²) in [7, 11) is 2.83. The van der Waals surface area contributed by atoms with Gasteiger partial charge in [-0.25, -0.2) is 9.20 Å². The van der Waals surface area contributed by atoms with Gasteiger partial charge in [0.25, 0.3) is 11.1 Å². The summed E-state index contributed by atoms with van der Waals surface area (Å²) in [5.41, 5.74) is -0.602. The average molecular weight is 430 g/mol. The van der Waals surface area contributed by atoms with Crippen molar-refractivity contribution in [2.45, 2.75) is 26.3 Å². The summed E-state index contributed by atoms with van der Waals surface area (Å²) in [6.45, 7) is 2.09. The molecule has 4 rings (SSSR count). The first-order valence-corrected chi connectivity index (χ1v) is 9.81. The summed E-state index contributed by atoms with van der Waals surface area (Å²) in [4.78, 5) is 42.8. The molecule has 30 heavy (non-hydrogen) atoms. The third-order valence-electron chi connectivity index (χ3n) is 5.22. The van der Waals surface area contributed by atoms with Gasteiger partial charge in [-0.3, -0.25) is 23.3 Å². The number of benzene rings is 1. The molecule has 0 saturated carbocycles. The lowest BCUT2D eigenvalue weighted by Gasteiger charge is -2.14. The predicted molar refractivity (Wildman–Crippen MR) is 114 cm³/mol. The van der Waals surface area contributed by atoms with Crippen molar-refractivity contribution >= 4 is 28.5 Å². The van der Waals surface area contributed by atoms with Gasteiger partial charge in [0.1, 0.15) is 0 Å². The van der Waals surface area contributed by atoms with Crippen LogP contribution in [0.5, 0.6) is 5.88 Å². The van der Waals surface area contributed by atoms with Crippen LogP contribution in [0, 0.1) is 0 Å². The monoisotopic (exact) mass is 429 g/mol. The Balaban J connectivity index is 2.17. The van der Waals surface area contributed by atoms with Gasteiger partial charge < -0.3 is 5.11 Å². The Morgan fingerprint density at radius 2 is 1.70 bits per heavy atom. The summed E-state index contributed by atoms with van der Waals surface area (Å²) in [6.07, 6.45) is 0.950. The van der Waals surface area contributed by atoms with E-state index < -0.39 is 16.8 Å². The van der Waals surface area contributed by atoms with Crippen LogP contribution in [0.25, 0.3) is 16.9 Å². The predicted octanol–water partition coefficient (Wildman–Crippen LogP) is 1.41. The number of fused-ring (bicyclic) bond motifs is 3. The van der Waals surface area contributed by atoms with Crippen LogP contribution in [-0.2, 0) is 27.1 Å². The molecular formula is C20H20ClN5O4. The second-order valence-corrected chi connectivity index (χ2v) is 7.63. The van der Waals surface area contributed by atoms with E-state index in [4.69, 9.17) is 11.6 Å². The molecule has 10 heteroatoms. The van der Waals surface area contributed by atoms with E-state index in [-0.39, 0.29) is 34.9 Å². The molecule has 4 aromatic rings. The number of aromatic hydroxyl groups is 1.